The number of nitrogens with one attached hydrogen (secondary N) is 1. The van der Waals surface area contributed by atoms with E-state index in [1.807, 2.05) is 0 Å². The standard InChI is InChI=1S/C9H12BrFN2O2S/c1-6(5-12)13-16(14,15)7-2-3-8(10)9(11)4-7/h2-4,6,13H,5,12H2,1H3. The molecule has 16 heavy (non-hydrogen) atoms. The molecule has 0 aliphatic rings. The summed E-state index contributed by atoms with van der Waals surface area (Å²) in [4.78, 5) is -0.117. The van der Waals surface area contributed by atoms with Crippen molar-refractivity contribution in [2.75, 3.05) is 6.54 Å². The van der Waals surface area contributed by atoms with Gasteiger partial charge in [-0.05, 0) is 41.1 Å². The van der Waals surface area contributed by atoms with E-state index in [1.54, 1.807) is 6.92 Å². The summed E-state index contributed by atoms with van der Waals surface area (Å²) in [5.41, 5.74) is 5.30. The molecule has 0 radical (unpaired) electrons. The second-order valence-corrected chi connectivity index (χ2v) is 5.90. The first kappa shape index (κ1) is 13.6. The summed E-state index contributed by atoms with van der Waals surface area (Å²) in [5, 5.41) is 0. The highest BCUT2D eigenvalue weighted by molar-refractivity contribution is 9.10. The first-order chi connectivity index (χ1) is 7.36. The Bertz CT molecular complexity index is 478. The molecule has 0 aliphatic carbocycles. The lowest BCUT2D eigenvalue weighted by Crippen LogP contribution is -2.37. The maximum atomic E-state index is 13.2. The quantitative estimate of drug-likeness (QED) is 0.878. The van der Waals surface area contributed by atoms with Crippen LogP contribution in [-0.2, 0) is 10.0 Å². The van der Waals surface area contributed by atoms with E-state index < -0.39 is 21.9 Å². The van der Waals surface area contributed by atoms with Crippen LogP contribution < -0.4 is 10.5 Å². The Morgan fingerprint density at radius 3 is 2.69 bits per heavy atom. The van der Waals surface area contributed by atoms with E-state index in [0.717, 1.165) is 6.07 Å². The molecule has 0 heterocycles. The fourth-order valence-electron chi connectivity index (χ4n) is 1.03. The molecule has 7 heteroatoms. The second kappa shape index (κ2) is 5.22. The smallest absolute Gasteiger partial charge is 0.240 e. The SMILES string of the molecule is CC(CN)NS(=O)(=O)c1ccc(Br)c(F)c1. The fraction of sp³-hybridized carbons (Fsp3) is 0.333. The van der Waals surface area contributed by atoms with E-state index in [1.165, 1.54) is 12.1 Å². The van der Waals surface area contributed by atoms with Crippen molar-refractivity contribution in [2.24, 2.45) is 5.73 Å². The molecule has 0 aromatic heterocycles. The van der Waals surface area contributed by atoms with Gasteiger partial charge in [-0.1, -0.05) is 0 Å². The van der Waals surface area contributed by atoms with E-state index in [0.29, 0.717) is 0 Å². The molecule has 0 saturated carbocycles. The second-order valence-electron chi connectivity index (χ2n) is 3.33. The van der Waals surface area contributed by atoms with E-state index >= 15 is 0 Å². The van der Waals surface area contributed by atoms with Crippen LogP contribution >= 0.6 is 15.9 Å². The number of benzene rings is 1. The van der Waals surface area contributed by atoms with Gasteiger partial charge in [0.15, 0.2) is 0 Å². The summed E-state index contributed by atoms with van der Waals surface area (Å²) in [6.07, 6.45) is 0. The maximum absolute atomic E-state index is 13.2. The van der Waals surface area contributed by atoms with Gasteiger partial charge in [0.25, 0.3) is 0 Å². The zero-order valence-electron chi connectivity index (χ0n) is 8.57. The average Bonchev–Trinajstić information content (AvgIpc) is 2.21. The molecule has 0 amide bonds. The van der Waals surface area contributed by atoms with Gasteiger partial charge in [-0.2, -0.15) is 0 Å². The van der Waals surface area contributed by atoms with Gasteiger partial charge in [0, 0.05) is 12.6 Å². The lowest BCUT2D eigenvalue weighted by atomic mass is 10.3. The van der Waals surface area contributed by atoms with Crippen molar-refractivity contribution in [3.63, 3.8) is 0 Å². The van der Waals surface area contributed by atoms with Crippen molar-refractivity contribution in [3.05, 3.63) is 28.5 Å². The third-order valence-corrected chi connectivity index (χ3v) is 4.14. The molecule has 0 fully saturated rings. The Morgan fingerprint density at radius 1 is 1.56 bits per heavy atom. The first-order valence-electron chi connectivity index (χ1n) is 4.54. The van der Waals surface area contributed by atoms with Gasteiger partial charge in [0.05, 0.1) is 9.37 Å². The van der Waals surface area contributed by atoms with Crippen molar-refractivity contribution in [3.8, 4) is 0 Å². The molecule has 1 aromatic rings. The number of sulfonamides is 1. The predicted molar refractivity (Wildman–Crippen MR) is 62.9 cm³/mol. The Balaban J connectivity index is 3.03. The van der Waals surface area contributed by atoms with Crippen LogP contribution in [0.2, 0.25) is 0 Å². The molecular formula is C9H12BrFN2O2S. The molecule has 4 nitrogen and oxygen atoms in total. The molecule has 1 rings (SSSR count). The maximum Gasteiger partial charge on any atom is 0.240 e. The molecular weight excluding hydrogens is 299 g/mol. The highest BCUT2D eigenvalue weighted by Gasteiger charge is 2.17. The third kappa shape index (κ3) is 3.24. The first-order valence-corrected chi connectivity index (χ1v) is 6.82. The van der Waals surface area contributed by atoms with Crippen LogP contribution in [0.1, 0.15) is 6.92 Å². The summed E-state index contributed by atoms with van der Waals surface area (Å²) >= 11 is 2.95. The van der Waals surface area contributed by atoms with Gasteiger partial charge in [0.1, 0.15) is 5.82 Å². The molecule has 90 valence electrons. The molecule has 0 spiro atoms. The van der Waals surface area contributed by atoms with Crippen LogP contribution in [0.5, 0.6) is 0 Å². The van der Waals surface area contributed by atoms with E-state index in [-0.39, 0.29) is 15.9 Å². The number of hydrogen-bond donors (Lipinski definition) is 2. The Kier molecular flexibility index (Phi) is 4.43. The molecule has 1 atom stereocenters. The topological polar surface area (TPSA) is 72.2 Å². The van der Waals surface area contributed by atoms with Crippen LogP contribution in [-0.4, -0.2) is 21.0 Å². The van der Waals surface area contributed by atoms with Crippen LogP contribution in [0.3, 0.4) is 0 Å². The van der Waals surface area contributed by atoms with Crippen molar-refractivity contribution in [1.82, 2.24) is 4.72 Å². The highest BCUT2D eigenvalue weighted by atomic mass is 79.9. The largest absolute Gasteiger partial charge is 0.329 e. The number of halogens is 2. The summed E-state index contributed by atoms with van der Waals surface area (Å²) in [7, 11) is -3.70. The fourth-order valence-corrected chi connectivity index (χ4v) is 2.54. The Hall–Kier alpha value is -0.500. The molecule has 0 aliphatic heterocycles. The predicted octanol–water partition coefficient (Wildman–Crippen LogP) is 1.21. The highest BCUT2D eigenvalue weighted by Crippen LogP contribution is 2.19. The minimum atomic E-state index is -3.70. The molecule has 3 N–H and O–H groups in total. The molecule has 0 bridgehead atoms. The van der Waals surface area contributed by atoms with E-state index in [9.17, 15) is 12.8 Å². The normalized spacial score (nSPS) is 13.8. The monoisotopic (exact) mass is 310 g/mol. The third-order valence-electron chi connectivity index (χ3n) is 1.91. The summed E-state index contributed by atoms with van der Waals surface area (Å²) in [6, 6.07) is 3.22. The van der Waals surface area contributed by atoms with Crippen LogP contribution in [0.4, 0.5) is 4.39 Å². The van der Waals surface area contributed by atoms with Gasteiger partial charge >= 0.3 is 0 Å². The van der Waals surface area contributed by atoms with Gasteiger partial charge in [0.2, 0.25) is 10.0 Å². The van der Waals surface area contributed by atoms with Crippen molar-refractivity contribution in [1.29, 1.82) is 0 Å². The van der Waals surface area contributed by atoms with Gasteiger partial charge in [-0.3, -0.25) is 0 Å². The lowest BCUT2D eigenvalue weighted by molar-refractivity contribution is 0.559. The molecule has 1 aromatic carbocycles. The van der Waals surface area contributed by atoms with Crippen LogP contribution in [0, 0.1) is 5.82 Å². The average molecular weight is 311 g/mol. The number of hydrogen-bond acceptors (Lipinski definition) is 3. The summed E-state index contributed by atoms with van der Waals surface area (Å²) < 4.78 is 39.2. The van der Waals surface area contributed by atoms with Crippen LogP contribution in [0.25, 0.3) is 0 Å². The Morgan fingerprint density at radius 2 is 2.19 bits per heavy atom. The zero-order valence-corrected chi connectivity index (χ0v) is 11.0. The number of rotatable bonds is 4. The Labute approximate surface area is 102 Å². The van der Waals surface area contributed by atoms with Crippen molar-refractivity contribution < 1.29 is 12.8 Å². The molecule has 0 saturated heterocycles. The van der Waals surface area contributed by atoms with Gasteiger partial charge in [-0.25, -0.2) is 17.5 Å². The zero-order chi connectivity index (χ0) is 12.3. The lowest BCUT2D eigenvalue weighted by Gasteiger charge is -2.12. The van der Waals surface area contributed by atoms with E-state index in [2.05, 4.69) is 20.7 Å². The van der Waals surface area contributed by atoms with Gasteiger partial charge in [-0.15, -0.1) is 0 Å². The van der Waals surface area contributed by atoms with Crippen molar-refractivity contribution >= 4 is 26.0 Å². The minimum absolute atomic E-state index is 0.117. The van der Waals surface area contributed by atoms with E-state index in [4.69, 9.17) is 5.73 Å². The number of nitrogens with two attached hydrogens (primary N) is 1. The van der Waals surface area contributed by atoms with Crippen molar-refractivity contribution in [2.45, 2.75) is 17.9 Å². The summed E-state index contributed by atoms with van der Waals surface area (Å²) in [5.74, 6) is -0.622. The summed E-state index contributed by atoms with van der Waals surface area (Å²) in [6.45, 7) is 1.81. The molecule has 1 unspecified atom stereocenters. The van der Waals surface area contributed by atoms with Crippen LogP contribution in [0.15, 0.2) is 27.6 Å². The van der Waals surface area contributed by atoms with Gasteiger partial charge < -0.3 is 5.73 Å². The minimum Gasteiger partial charge on any atom is -0.329 e.